The molecule has 0 bridgehead atoms. The van der Waals surface area contributed by atoms with E-state index < -0.39 is 12.0 Å². The summed E-state index contributed by atoms with van der Waals surface area (Å²) in [6, 6.07) is 5.58. The lowest BCUT2D eigenvalue weighted by Crippen LogP contribution is -2.38. The molecule has 1 atom stereocenters. The van der Waals surface area contributed by atoms with Gasteiger partial charge in [0.15, 0.2) is 0 Å². The van der Waals surface area contributed by atoms with Crippen LogP contribution in [0.4, 0.5) is 10.5 Å². The van der Waals surface area contributed by atoms with E-state index in [0.29, 0.717) is 6.61 Å². The fourth-order valence-corrected chi connectivity index (χ4v) is 1.45. The maximum atomic E-state index is 11.6. The zero-order valence-electron chi connectivity index (χ0n) is 10.3. The first-order valence-corrected chi connectivity index (χ1v) is 5.43. The van der Waals surface area contributed by atoms with Gasteiger partial charge in [-0.05, 0) is 19.1 Å². The van der Waals surface area contributed by atoms with Gasteiger partial charge in [0.25, 0.3) is 0 Å². The minimum atomic E-state index is -1.09. The summed E-state index contributed by atoms with van der Waals surface area (Å²) in [5, 5.41) is 14.1. The Labute approximate surface area is 105 Å². The third kappa shape index (κ3) is 4.06. The number of hydrogen-bond donors (Lipinski definition) is 3. The summed E-state index contributed by atoms with van der Waals surface area (Å²) < 4.78 is 4.88. The Kier molecular flexibility index (Phi) is 5.13. The van der Waals surface area contributed by atoms with E-state index in [2.05, 4.69) is 10.6 Å². The third-order valence-corrected chi connectivity index (χ3v) is 2.20. The van der Waals surface area contributed by atoms with E-state index in [9.17, 15) is 9.59 Å². The van der Waals surface area contributed by atoms with E-state index in [0.717, 1.165) is 0 Å². The number of carbonyl (C=O) groups is 2. The SMILES string of the molecule is COCC(C)NC(=O)Nc1ccccc1C(=O)O. The van der Waals surface area contributed by atoms with Crippen LogP contribution in [0.15, 0.2) is 24.3 Å². The number of hydrogen-bond acceptors (Lipinski definition) is 3. The second-order valence-electron chi connectivity index (χ2n) is 3.81. The number of carboxylic acids is 1. The molecule has 6 nitrogen and oxygen atoms in total. The molecule has 1 unspecified atom stereocenters. The molecule has 0 aliphatic rings. The molecule has 0 saturated carbocycles. The summed E-state index contributed by atoms with van der Waals surface area (Å²) in [6.45, 7) is 2.17. The minimum Gasteiger partial charge on any atom is -0.478 e. The predicted octanol–water partition coefficient (Wildman–Crippen LogP) is 1.54. The first-order valence-electron chi connectivity index (χ1n) is 5.43. The number of ether oxygens (including phenoxy) is 1. The molecule has 1 rings (SSSR count). The number of nitrogens with one attached hydrogen (secondary N) is 2. The van der Waals surface area contributed by atoms with Crippen LogP contribution < -0.4 is 10.6 Å². The number of rotatable bonds is 5. The first kappa shape index (κ1) is 14.0. The van der Waals surface area contributed by atoms with Crippen LogP contribution in [-0.2, 0) is 4.74 Å². The second kappa shape index (κ2) is 6.61. The number of urea groups is 1. The molecule has 0 fully saturated rings. The summed E-state index contributed by atoms with van der Waals surface area (Å²) in [4.78, 5) is 22.5. The number of amides is 2. The van der Waals surface area contributed by atoms with Gasteiger partial charge >= 0.3 is 12.0 Å². The largest absolute Gasteiger partial charge is 0.478 e. The first-order chi connectivity index (χ1) is 8.54. The fraction of sp³-hybridized carbons (Fsp3) is 0.333. The molecule has 0 heterocycles. The summed E-state index contributed by atoms with van der Waals surface area (Å²) in [5.41, 5.74) is 0.305. The van der Waals surface area contributed by atoms with Crippen molar-refractivity contribution in [3.05, 3.63) is 29.8 Å². The predicted molar refractivity (Wildman–Crippen MR) is 66.9 cm³/mol. The van der Waals surface area contributed by atoms with Crippen molar-refractivity contribution in [1.29, 1.82) is 0 Å². The maximum Gasteiger partial charge on any atom is 0.337 e. The highest BCUT2D eigenvalue weighted by atomic mass is 16.5. The van der Waals surface area contributed by atoms with E-state index in [1.165, 1.54) is 19.2 Å². The Morgan fingerprint density at radius 3 is 2.67 bits per heavy atom. The van der Waals surface area contributed by atoms with Crippen molar-refractivity contribution in [3.63, 3.8) is 0 Å². The van der Waals surface area contributed by atoms with Crippen molar-refractivity contribution < 1.29 is 19.4 Å². The van der Waals surface area contributed by atoms with E-state index in [1.807, 2.05) is 0 Å². The van der Waals surface area contributed by atoms with Crippen LogP contribution >= 0.6 is 0 Å². The Morgan fingerprint density at radius 2 is 2.06 bits per heavy atom. The average molecular weight is 252 g/mol. The fourth-order valence-electron chi connectivity index (χ4n) is 1.45. The second-order valence-corrected chi connectivity index (χ2v) is 3.81. The lowest BCUT2D eigenvalue weighted by Gasteiger charge is -2.14. The lowest BCUT2D eigenvalue weighted by atomic mass is 10.2. The number of aromatic carboxylic acids is 1. The Morgan fingerprint density at radius 1 is 1.39 bits per heavy atom. The molecule has 6 heteroatoms. The highest BCUT2D eigenvalue weighted by Crippen LogP contribution is 2.14. The van der Waals surface area contributed by atoms with Gasteiger partial charge in [0.05, 0.1) is 23.9 Å². The van der Waals surface area contributed by atoms with Gasteiger partial charge in [0, 0.05) is 7.11 Å². The molecular formula is C12H16N2O4. The van der Waals surface area contributed by atoms with Crippen LogP contribution in [0.3, 0.4) is 0 Å². The number of para-hydroxylation sites is 1. The van der Waals surface area contributed by atoms with E-state index in [1.54, 1.807) is 19.1 Å². The average Bonchev–Trinajstić information content (AvgIpc) is 2.29. The molecule has 0 radical (unpaired) electrons. The van der Waals surface area contributed by atoms with Crippen LogP contribution in [0.2, 0.25) is 0 Å². The third-order valence-electron chi connectivity index (χ3n) is 2.20. The van der Waals surface area contributed by atoms with Crippen molar-refractivity contribution in [2.45, 2.75) is 13.0 Å². The lowest BCUT2D eigenvalue weighted by molar-refractivity contribution is 0.0698. The topological polar surface area (TPSA) is 87.7 Å². The molecule has 2 amide bonds. The maximum absolute atomic E-state index is 11.6. The molecule has 0 saturated heterocycles. The van der Waals surface area contributed by atoms with E-state index >= 15 is 0 Å². The Balaban J connectivity index is 2.67. The van der Waals surface area contributed by atoms with Crippen LogP contribution in [0.25, 0.3) is 0 Å². The zero-order valence-corrected chi connectivity index (χ0v) is 10.3. The van der Waals surface area contributed by atoms with Gasteiger partial charge in [0.1, 0.15) is 0 Å². The van der Waals surface area contributed by atoms with Gasteiger partial charge in [-0.1, -0.05) is 12.1 Å². The normalized spacial score (nSPS) is 11.7. The van der Waals surface area contributed by atoms with Gasteiger partial charge in [0.2, 0.25) is 0 Å². The zero-order chi connectivity index (χ0) is 13.5. The standard InChI is InChI=1S/C12H16N2O4/c1-8(7-18-2)13-12(17)14-10-6-4-3-5-9(10)11(15)16/h3-6,8H,7H2,1-2H3,(H,15,16)(H2,13,14,17). The van der Waals surface area contributed by atoms with Crippen molar-refractivity contribution in [2.75, 3.05) is 19.0 Å². The molecule has 0 aliphatic carbocycles. The number of anilines is 1. The molecular weight excluding hydrogens is 236 g/mol. The highest BCUT2D eigenvalue weighted by molar-refractivity contribution is 5.99. The number of carboxylic acid groups (broad SMARTS) is 1. The Bertz CT molecular complexity index is 434. The highest BCUT2D eigenvalue weighted by Gasteiger charge is 2.12. The summed E-state index contributed by atoms with van der Waals surface area (Å²) >= 11 is 0. The molecule has 18 heavy (non-hydrogen) atoms. The van der Waals surface area contributed by atoms with Crippen molar-refractivity contribution >= 4 is 17.7 Å². The summed E-state index contributed by atoms with van der Waals surface area (Å²) in [5.74, 6) is -1.09. The van der Waals surface area contributed by atoms with Crippen LogP contribution in [0.1, 0.15) is 17.3 Å². The van der Waals surface area contributed by atoms with Crippen molar-refractivity contribution in [3.8, 4) is 0 Å². The quantitative estimate of drug-likeness (QED) is 0.741. The van der Waals surface area contributed by atoms with Crippen molar-refractivity contribution in [2.24, 2.45) is 0 Å². The van der Waals surface area contributed by atoms with Gasteiger partial charge in [-0.3, -0.25) is 0 Å². The number of carbonyl (C=O) groups excluding carboxylic acids is 1. The molecule has 0 spiro atoms. The van der Waals surface area contributed by atoms with Crippen LogP contribution in [-0.4, -0.2) is 36.9 Å². The molecule has 1 aromatic rings. The molecule has 0 aliphatic heterocycles. The van der Waals surface area contributed by atoms with E-state index in [-0.39, 0.29) is 17.3 Å². The Hall–Kier alpha value is -2.08. The van der Waals surface area contributed by atoms with Gasteiger partial charge in [-0.2, -0.15) is 0 Å². The van der Waals surface area contributed by atoms with Crippen molar-refractivity contribution in [1.82, 2.24) is 5.32 Å². The molecule has 3 N–H and O–H groups in total. The van der Waals surface area contributed by atoms with Gasteiger partial charge in [-0.15, -0.1) is 0 Å². The summed E-state index contributed by atoms with van der Waals surface area (Å²) in [6.07, 6.45) is 0. The number of benzene rings is 1. The minimum absolute atomic E-state index is 0.0482. The van der Waals surface area contributed by atoms with Gasteiger partial charge in [-0.25, -0.2) is 9.59 Å². The molecule has 98 valence electrons. The number of methoxy groups -OCH3 is 1. The smallest absolute Gasteiger partial charge is 0.337 e. The monoisotopic (exact) mass is 252 g/mol. The molecule has 1 aromatic carbocycles. The van der Waals surface area contributed by atoms with Crippen LogP contribution in [0.5, 0.6) is 0 Å². The van der Waals surface area contributed by atoms with Gasteiger partial charge < -0.3 is 20.5 Å². The summed E-state index contributed by atoms with van der Waals surface area (Å²) in [7, 11) is 1.54. The van der Waals surface area contributed by atoms with Crippen LogP contribution in [0, 0.1) is 0 Å². The van der Waals surface area contributed by atoms with E-state index in [4.69, 9.17) is 9.84 Å². The molecule has 0 aromatic heterocycles.